The van der Waals surface area contributed by atoms with Gasteiger partial charge in [0.1, 0.15) is 0 Å². The van der Waals surface area contributed by atoms with E-state index in [1.807, 2.05) is 19.0 Å². The van der Waals surface area contributed by atoms with Crippen LogP contribution < -0.4 is 4.90 Å². The van der Waals surface area contributed by atoms with Crippen molar-refractivity contribution in [3.8, 4) is 0 Å². The van der Waals surface area contributed by atoms with Crippen LogP contribution in [0.25, 0.3) is 0 Å². The predicted molar refractivity (Wildman–Crippen MR) is 78.6 cm³/mol. The second-order valence-corrected chi connectivity index (χ2v) is 6.75. The summed E-state index contributed by atoms with van der Waals surface area (Å²) in [6.45, 7) is 4.39. The number of hydrogen-bond donors (Lipinski definition) is 0. The Labute approximate surface area is 121 Å². The smallest absolute Gasteiger partial charge is 0.265 e. The van der Waals surface area contributed by atoms with E-state index in [9.17, 15) is 0 Å². The minimum atomic E-state index is 0.354. The fourth-order valence-electron chi connectivity index (χ4n) is 3.72. The van der Waals surface area contributed by atoms with Gasteiger partial charge in [-0.2, -0.15) is 4.98 Å². The van der Waals surface area contributed by atoms with Gasteiger partial charge in [0.15, 0.2) is 0 Å². The monoisotopic (exact) mass is 278 g/mol. The summed E-state index contributed by atoms with van der Waals surface area (Å²) in [6.07, 6.45) is 8.31. The molecule has 1 aromatic rings. The quantitative estimate of drug-likeness (QED) is 0.847. The van der Waals surface area contributed by atoms with E-state index >= 15 is 0 Å². The lowest BCUT2D eigenvalue weighted by Gasteiger charge is -2.55. The highest BCUT2D eigenvalue weighted by atomic mass is 16.5. The Hall–Kier alpha value is -1.10. The van der Waals surface area contributed by atoms with Crippen molar-refractivity contribution >= 4 is 5.95 Å². The van der Waals surface area contributed by atoms with Gasteiger partial charge in [-0.25, -0.2) is 0 Å². The van der Waals surface area contributed by atoms with Crippen molar-refractivity contribution in [3.63, 3.8) is 0 Å². The van der Waals surface area contributed by atoms with Gasteiger partial charge >= 0.3 is 0 Å². The lowest BCUT2D eigenvalue weighted by molar-refractivity contribution is -0.0684. The van der Waals surface area contributed by atoms with E-state index in [1.54, 1.807) is 0 Å². The maximum Gasteiger partial charge on any atom is 0.265 e. The third-order valence-electron chi connectivity index (χ3n) is 5.28. The van der Waals surface area contributed by atoms with Crippen LogP contribution in [0.2, 0.25) is 0 Å². The zero-order valence-electron chi connectivity index (χ0n) is 12.9. The molecule has 2 fully saturated rings. The van der Waals surface area contributed by atoms with Crippen LogP contribution in [0.1, 0.15) is 51.3 Å². The first-order valence-corrected chi connectivity index (χ1v) is 7.84. The molecule has 0 bridgehead atoms. The lowest BCUT2D eigenvalue weighted by atomic mass is 9.69. The molecular formula is C15H26N4O. The Morgan fingerprint density at radius 3 is 2.60 bits per heavy atom. The molecule has 0 amide bonds. The lowest BCUT2D eigenvalue weighted by Crippen LogP contribution is -2.61. The first kappa shape index (κ1) is 13.9. The molecule has 5 nitrogen and oxygen atoms in total. The summed E-state index contributed by atoms with van der Waals surface area (Å²) in [7, 11) is 3.87. The Kier molecular flexibility index (Phi) is 3.71. The fourth-order valence-corrected chi connectivity index (χ4v) is 3.72. The predicted octanol–water partition coefficient (Wildman–Crippen LogP) is 2.68. The molecule has 5 heteroatoms. The largest absolute Gasteiger partial charge is 0.344 e. The van der Waals surface area contributed by atoms with Crippen molar-refractivity contribution < 1.29 is 4.52 Å². The number of anilines is 1. The highest BCUT2D eigenvalue weighted by molar-refractivity contribution is 5.23. The second kappa shape index (κ2) is 5.35. The Bertz CT molecular complexity index is 452. The minimum Gasteiger partial charge on any atom is -0.344 e. The van der Waals surface area contributed by atoms with Crippen LogP contribution in [-0.2, 0) is 6.54 Å². The summed E-state index contributed by atoms with van der Waals surface area (Å²) >= 11 is 0. The van der Waals surface area contributed by atoms with E-state index in [0.717, 1.165) is 24.9 Å². The molecule has 0 aromatic carbocycles. The van der Waals surface area contributed by atoms with Crippen LogP contribution in [0.4, 0.5) is 5.95 Å². The molecule has 1 atom stereocenters. The molecule has 0 spiro atoms. The van der Waals surface area contributed by atoms with Gasteiger partial charge in [-0.1, -0.05) is 19.3 Å². The first-order valence-electron chi connectivity index (χ1n) is 7.84. The topological polar surface area (TPSA) is 45.4 Å². The standard InChI is InChI=1S/C15H26N4O/c1-15(12-7-5-4-6-8-12)9-10-19(15)11-13-16-14(17-20-13)18(2)3/h12H,4-11H2,1-3H3. The van der Waals surface area contributed by atoms with Crippen molar-refractivity contribution in [2.24, 2.45) is 5.92 Å². The first-order chi connectivity index (χ1) is 9.59. The molecule has 1 aliphatic heterocycles. The average Bonchev–Trinajstić information content (AvgIpc) is 2.93. The Balaban J connectivity index is 1.64. The zero-order chi connectivity index (χ0) is 14.2. The summed E-state index contributed by atoms with van der Waals surface area (Å²) in [4.78, 5) is 8.86. The SMILES string of the molecule is CN(C)c1noc(CN2CCC2(C)C2CCCCC2)n1. The summed E-state index contributed by atoms with van der Waals surface area (Å²) in [5, 5.41) is 4.00. The summed E-state index contributed by atoms with van der Waals surface area (Å²) < 4.78 is 5.37. The highest BCUT2D eigenvalue weighted by Gasteiger charge is 2.46. The van der Waals surface area contributed by atoms with E-state index in [0.29, 0.717) is 11.5 Å². The Morgan fingerprint density at radius 2 is 2.05 bits per heavy atom. The third-order valence-corrected chi connectivity index (χ3v) is 5.28. The van der Waals surface area contributed by atoms with Gasteiger partial charge in [-0.3, -0.25) is 4.90 Å². The van der Waals surface area contributed by atoms with Gasteiger partial charge < -0.3 is 9.42 Å². The van der Waals surface area contributed by atoms with E-state index in [-0.39, 0.29) is 0 Å². The van der Waals surface area contributed by atoms with Crippen LogP contribution in [0.3, 0.4) is 0 Å². The molecule has 20 heavy (non-hydrogen) atoms. The normalized spacial score (nSPS) is 28.4. The van der Waals surface area contributed by atoms with E-state index in [2.05, 4.69) is 22.0 Å². The molecule has 2 heterocycles. The molecule has 1 aromatic heterocycles. The van der Waals surface area contributed by atoms with E-state index < -0.39 is 0 Å². The molecule has 1 saturated heterocycles. The summed E-state index contributed by atoms with van der Waals surface area (Å²) in [6, 6.07) is 0. The number of hydrogen-bond acceptors (Lipinski definition) is 5. The van der Waals surface area contributed by atoms with Gasteiger partial charge in [0.2, 0.25) is 5.89 Å². The van der Waals surface area contributed by atoms with Gasteiger partial charge in [0.25, 0.3) is 5.95 Å². The van der Waals surface area contributed by atoms with Crippen LogP contribution in [0.15, 0.2) is 4.52 Å². The maximum absolute atomic E-state index is 5.37. The summed E-state index contributed by atoms with van der Waals surface area (Å²) in [5.74, 6) is 2.26. The van der Waals surface area contributed by atoms with E-state index in [1.165, 1.54) is 38.5 Å². The molecule has 3 rings (SSSR count). The highest BCUT2D eigenvalue weighted by Crippen LogP contribution is 2.44. The molecule has 1 unspecified atom stereocenters. The van der Waals surface area contributed by atoms with Crippen molar-refractivity contribution in [3.05, 3.63) is 5.89 Å². The molecule has 112 valence electrons. The molecule has 0 N–H and O–H groups in total. The molecule has 1 aliphatic carbocycles. The number of aromatic nitrogens is 2. The van der Waals surface area contributed by atoms with Crippen molar-refractivity contribution in [2.75, 3.05) is 25.5 Å². The molecule has 1 saturated carbocycles. The molecule has 0 radical (unpaired) electrons. The van der Waals surface area contributed by atoms with Crippen LogP contribution >= 0.6 is 0 Å². The number of rotatable bonds is 4. The number of likely N-dealkylation sites (tertiary alicyclic amines) is 1. The van der Waals surface area contributed by atoms with E-state index in [4.69, 9.17) is 4.52 Å². The van der Waals surface area contributed by atoms with Crippen LogP contribution in [-0.4, -0.2) is 41.2 Å². The minimum absolute atomic E-state index is 0.354. The van der Waals surface area contributed by atoms with Crippen molar-refractivity contribution in [1.82, 2.24) is 15.0 Å². The van der Waals surface area contributed by atoms with Crippen LogP contribution in [0, 0.1) is 5.92 Å². The van der Waals surface area contributed by atoms with Gasteiger partial charge in [0, 0.05) is 26.2 Å². The Morgan fingerprint density at radius 1 is 1.30 bits per heavy atom. The van der Waals surface area contributed by atoms with Crippen molar-refractivity contribution in [2.45, 2.75) is 57.5 Å². The molecule has 2 aliphatic rings. The summed E-state index contributed by atoms with van der Waals surface area (Å²) in [5.41, 5.74) is 0.354. The third kappa shape index (κ3) is 2.43. The zero-order valence-corrected chi connectivity index (χ0v) is 12.9. The number of nitrogens with zero attached hydrogens (tertiary/aromatic N) is 4. The van der Waals surface area contributed by atoms with Gasteiger partial charge in [-0.15, -0.1) is 0 Å². The molecular weight excluding hydrogens is 252 g/mol. The van der Waals surface area contributed by atoms with Gasteiger partial charge in [0.05, 0.1) is 6.54 Å². The second-order valence-electron chi connectivity index (χ2n) is 6.75. The fraction of sp³-hybridized carbons (Fsp3) is 0.867. The van der Waals surface area contributed by atoms with Crippen LogP contribution in [0.5, 0.6) is 0 Å². The maximum atomic E-state index is 5.37. The van der Waals surface area contributed by atoms with Gasteiger partial charge in [-0.05, 0) is 37.3 Å². The van der Waals surface area contributed by atoms with Crippen molar-refractivity contribution in [1.29, 1.82) is 0 Å². The average molecular weight is 278 g/mol.